The van der Waals surface area contributed by atoms with Crippen LogP contribution in [0.4, 0.5) is 0 Å². The summed E-state index contributed by atoms with van der Waals surface area (Å²) in [6, 6.07) is 0. The molecule has 0 unspecified atom stereocenters. The molecule has 0 radical (unpaired) electrons. The minimum absolute atomic E-state index is 0.201. The van der Waals surface area contributed by atoms with E-state index in [9.17, 15) is 4.79 Å². The number of hydrogen-bond acceptors (Lipinski definition) is 5. The molecule has 1 aliphatic heterocycles. The van der Waals surface area contributed by atoms with Crippen LogP contribution in [0.15, 0.2) is 12.4 Å². The molecule has 0 N–H and O–H groups in total. The molecular weight excluding hydrogens is 280 g/mol. The minimum atomic E-state index is -0.240. The molecule has 7 nitrogen and oxygen atoms in total. The molecule has 20 heavy (non-hydrogen) atoms. The van der Waals surface area contributed by atoms with Crippen molar-refractivity contribution in [3.63, 3.8) is 0 Å². The lowest BCUT2D eigenvalue weighted by molar-refractivity contribution is 0.0773. The SMILES string of the molecule is CN(Cc1nnc2n1CCC2)C(=O)c1cncc(Cl)n1. The third kappa shape index (κ3) is 2.36. The summed E-state index contributed by atoms with van der Waals surface area (Å²) in [7, 11) is 1.70. The Bertz CT molecular complexity index is 655. The van der Waals surface area contributed by atoms with Gasteiger partial charge in [0.2, 0.25) is 0 Å². The van der Waals surface area contributed by atoms with Crippen LogP contribution in [0.2, 0.25) is 5.15 Å². The monoisotopic (exact) mass is 292 g/mol. The predicted molar refractivity (Wildman–Crippen MR) is 71.2 cm³/mol. The molecule has 104 valence electrons. The highest BCUT2D eigenvalue weighted by atomic mass is 35.5. The Morgan fingerprint density at radius 2 is 2.30 bits per heavy atom. The summed E-state index contributed by atoms with van der Waals surface area (Å²) in [4.78, 5) is 21.6. The number of hydrogen-bond donors (Lipinski definition) is 0. The van der Waals surface area contributed by atoms with E-state index >= 15 is 0 Å². The van der Waals surface area contributed by atoms with Gasteiger partial charge in [0.05, 0.1) is 18.9 Å². The first kappa shape index (κ1) is 13.0. The Balaban J connectivity index is 1.76. The Morgan fingerprint density at radius 3 is 3.10 bits per heavy atom. The van der Waals surface area contributed by atoms with Gasteiger partial charge in [-0.1, -0.05) is 11.6 Å². The van der Waals surface area contributed by atoms with Crippen LogP contribution in [0.25, 0.3) is 0 Å². The fourth-order valence-corrected chi connectivity index (χ4v) is 2.40. The molecule has 3 heterocycles. The van der Waals surface area contributed by atoms with Gasteiger partial charge in [-0.25, -0.2) is 4.98 Å². The van der Waals surface area contributed by atoms with Crippen LogP contribution in [0.3, 0.4) is 0 Å². The molecule has 2 aromatic rings. The summed E-state index contributed by atoms with van der Waals surface area (Å²) in [6.07, 6.45) is 4.82. The lowest BCUT2D eigenvalue weighted by Gasteiger charge is -2.16. The maximum absolute atomic E-state index is 12.2. The zero-order chi connectivity index (χ0) is 14.1. The zero-order valence-corrected chi connectivity index (χ0v) is 11.7. The van der Waals surface area contributed by atoms with E-state index < -0.39 is 0 Å². The zero-order valence-electron chi connectivity index (χ0n) is 11.0. The van der Waals surface area contributed by atoms with Crippen LogP contribution in [0.5, 0.6) is 0 Å². The van der Waals surface area contributed by atoms with Gasteiger partial charge in [-0.2, -0.15) is 0 Å². The smallest absolute Gasteiger partial charge is 0.274 e. The standard InChI is InChI=1S/C12H13ClN6O/c1-18(12(20)8-5-14-6-9(13)15-8)7-11-17-16-10-3-2-4-19(10)11/h5-6H,2-4,7H2,1H3. The maximum atomic E-state index is 12.2. The Kier molecular flexibility index (Phi) is 3.35. The molecule has 3 rings (SSSR count). The van der Waals surface area contributed by atoms with E-state index in [-0.39, 0.29) is 16.8 Å². The number of nitrogens with zero attached hydrogens (tertiary/aromatic N) is 6. The molecule has 0 fully saturated rings. The third-order valence-electron chi connectivity index (χ3n) is 3.24. The van der Waals surface area contributed by atoms with Crippen LogP contribution in [-0.4, -0.2) is 42.6 Å². The minimum Gasteiger partial charge on any atom is -0.333 e. The van der Waals surface area contributed by atoms with Gasteiger partial charge in [-0.15, -0.1) is 10.2 Å². The molecule has 1 aliphatic rings. The maximum Gasteiger partial charge on any atom is 0.274 e. The van der Waals surface area contributed by atoms with Gasteiger partial charge >= 0.3 is 0 Å². The van der Waals surface area contributed by atoms with Gasteiger partial charge < -0.3 is 9.47 Å². The average Bonchev–Trinajstić information content (AvgIpc) is 3.03. The van der Waals surface area contributed by atoms with Gasteiger partial charge in [0.1, 0.15) is 16.7 Å². The highest BCUT2D eigenvalue weighted by Gasteiger charge is 2.21. The van der Waals surface area contributed by atoms with Crippen molar-refractivity contribution in [2.24, 2.45) is 0 Å². The topological polar surface area (TPSA) is 76.8 Å². The van der Waals surface area contributed by atoms with E-state index in [1.807, 2.05) is 0 Å². The first-order chi connectivity index (χ1) is 9.65. The second-order valence-electron chi connectivity index (χ2n) is 4.68. The third-order valence-corrected chi connectivity index (χ3v) is 3.42. The molecule has 0 aromatic carbocycles. The molecule has 1 amide bonds. The molecule has 8 heteroatoms. The summed E-state index contributed by atoms with van der Waals surface area (Å²) < 4.78 is 2.06. The van der Waals surface area contributed by atoms with Crippen molar-refractivity contribution in [2.45, 2.75) is 25.9 Å². The summed E-state index contributed by atoms with van der Waals surface area (Å²) in [5, 5.41) is 8.45. The van der Waals surface area contributed by atoms with E-state index in [2.05, 4.69) is 24.7 Å². The number of aryl methyl sites for hydroxylation is 1. The predicted octanol–water partition coefficient (Wildman–Crippen LogP) is 0.940. The van der Waals surface area contributed by atoms with Crippen molar-refractivity contribution in [1.82, 2.24) is 29.6 Å². The van der Waals surface area contributed by atoms with Crippen molar-refractivity contribution in [1.29, 1.82) is 0 Å². The van der Waals surface area contributed by atoms with E-state index in [0.29, 0.717) is 6.54 Å². The molecule has 0 saturated heterocycles. The molecule has 0 saturated carbocycles. The van der Waals surface area contributed by atoms with Gasteiger partial charge in [-0.05, 0) is 6.42 Å². The lowest BCUT2D eigenvalue weighted by Crippen LogP contribution is -2.28. The van der Waals surface area contributed by atoms with Crippen molar-refractivity contribution in [3.8, 4) is 0 Å². The molecule has 0 spiro atoms. The molecule has 0 aliphatic carbocycles. The fourth-order valence-electron chi connectivity index (χ4n) is 2.25. The Hall–Kier alpha value is -2.02. The van der Waals surface area contributed by atoms with Crippen molar-refractivity contribution in [2.75, 3.05) is 7.05 Å². The van der Waals surface area contributed by atoms with Crippen molar-refractivity contribution in [3.05, 3.63) is 34.9 Å². The van der Waals surface area contributed by atoms with E-state index in [1.165, 1.54) is 17.3 Å². The second kappa shape index (κ2) is 5.16. The quantitative estimate of drug-likeness (QED) is 0.841. The summed E-state index contributed by atoms with van der Waals surface area (Å²) in [5.74, 6) is 1.54. The fraction of sp³-hybridized carbons (Fsp3) is 0.417. The Labute approximate surface area is 120 Å². The summed E-state index contributed by atoms with van der Waals surface area (Å²) in [6.45, 7) is 1.30. The van der Waals surface area contributed by atoms with Gasteiger partial charge in [0, 0.05) is 20.0 Å². The largest absolute Gasteiger partial charge is 0.333 e. The number of aromatic nitrogens is 5. The van der Waals surface area contributed by atoms with Crippen LogP contribution in [0, 0.1) is 0 Å². The highest BCUT2D eigenvalue weighted by molar-refractivity contribution is 6.29. The van der Waals surface area contributed by atoms with Crippen LogP contribution < -0.4 is 0 Å². The number of halogens is 1. The average molecular weight is 293 g/mol. The van der Waals surface area contributed by atoms with E-state index in [4.69, 9.17) is 11.6 Å². The molecule has 2 aromatic heterocycles. The molecule has 0 bridgehead atoms. The van der Waals surface area contributed by atoms with Crippen LogP contribution in [0.1, 0.15) is 28.6 Å². The lowest BCUT2D eigenvalue weighted by atomic mass is 10.3. The normalized spacial score (nSPS) is 13.3. The highest BCUT2D eigenvalue weighted by Crippen LogP contribution is 2.15. The van der Waals surface area contributed by atoms with Gasteiger partial charge in [0.25, 0.3) is 5.91 Å². The van der Waals surface area contributed by atoms with Crippen LogP contribution in [-0.2, 0) is 19.5 Å². The number of amides is 1. The number of rotatable bonds is 3. The summed E-state index contributed by atoms with van der Waals surface area (Å²) >= 11 is 5.74. The summed E-state index contributed by atoms with van der Waals surface area (Å²) in [5.41, 5.74) is 0.223. The number of carbonyl (C=O) groups is 1. The number of fused-ring (bicyclic) bond motifs is 1. The van der Waals surface area contributed by atoms with Crippen molar-refractivity contribution < 1.29 is 4.79 Å². The molecule has 0 atom stereocenters. The van der Waals surface area contributed by atoms with E-state index in [0.717, 1.165) is 31.0 Å². The van der Waals surface area contributed by atoms with Crippen LogP contribution >= 0.6 is 11.6 Å². The first-order valence-electron chi connectivity index (χ1n) is 6.29. The van der Waals surface area contributed by atoms with Gasteiger partial charge in [-0.3, -0.25) is 9.78 Å². The van der Waals surface area contributed by atoms with Crippen molar-refractivity contribution >= 4 is 17.5 Å². The van der Waals surface area contributed by atoms with E-state index in [1.54, 1.807) is 7.05 Å². The van der Waals surface area contributed by atoms with Gasteiger partial charge in [0.15, 0.2) is 5.82 Å². The first-order valence-corrected chi connectivity index (χ1v) is 6.67. The molecular formula is C12H13ClN6O. The Morgan fingerprint density at radius 1 is 1.45 bits per heavy atom. The number of carbonyl (C=O) groups excluding carboxylic acids is 1. The second-order valence-corrected chi connectivity index (χ2v) is 5.06.